The van der Waals surface area contributed by atoms with Gasteiger partial charge in [0.25, 0.3) is 5.91 Å². The third kappa shape index (κ3) is 2.35. The maximum absolute atomic E-state index is 13.3. The highest BCUT2D eigenvalue weighted by atomic mass is 19.1. The highest BCUT2D eigenvalue weighted by Gasteiger charge is 2.34. The number of nitrogens with zero attached hydrogens (tertiary/aromatic N) is 6. The molecule has 0 spiro atoms. The predicted molar refractivity (Wildman–Crippen MR) is 90.1 cm³/mol. The van der Waals surface area contributed by atoms with Gasteiger partial charge in [0.2, 0.25) is 0 Å². The SMILES string of the molecule is O=C1c2cn(-c3ccc(N4CC[C@@H](F)C4)nc3)nc2CN1c1ncco1. The highest BCUT2D eigenvalue weighted by Crippen LogP contribution is 2.27. The zero-order valence-electron chi connectivity index (χ0n) is 13.7. The fourth-order valence-electron chi connectivity index (χ4n) is 3.33. The standard InChI is InChI=1S/C17H15FN6O2/c18-11-3-5-22(8-11)15-2-1-12(7-20-15)24-9-13-14(21-24)10-23(16(13)25)17-19-4-6-26-17/h1-2,4,6-7,9,11H,3,5,8,10H2/t11-/m1/s1. The predicted octanol–water partition coefficient (Wildman–Crippen LogP) is 1.96. The molecule has 0 saturated carbocycles. The van der Waals surface area contributed by atoms with E-state index in [9.17, 15) is 9.18 Å². The Labute approximate surface area is 147 Å². The van der Waals surface area contributed by atoms with Crippen molar-refractivity contribution in [3.63, 3.8) is 0 Å². The average Bonchev–Trinajstić information content (AvgIpc) is 3.41. The molecule has 1 fully saturated rings. The van der Waals surface area contributed by atoms with E-state index in [0.29, 0.717) is 37.3 Å². The van der Waals surface area contributed by atoms with Gasteiger partial charge < -0.3 is 9.32 Å². The van der Waals surface area contributed by atoms with Crippen molar-refractivity contribution in [1.82, 2.24) is 19.7 Å². The van der Waals surface area contributed by atoms with Crippen molar-refractivity contribution in [2.45, 2.75) is 19.1 Å². The summed E-state index contributed by atoms with van der Waals surface area (Å²) < 4.78 is 20.2. The zero-order valence-corrected chi connectivity index (χ0v) is 13.7. The van der Waals surface area contributed by atoms with Crippen molar-refractivity contribution >= 4 is 17.7 Å². The molecule has 0 N–H and O–H groups in total. The Balaban J connectivity index is 1.37. The molecule has 1 saturated heterocycles. The van der Waals surface area contributed by atoms with Crippen LogP contribution < -0.4 is 9.80 Å². The van der Waals surface area contributed by atoms with Gasteiger partial charge in [-0.05, 0) is 18.6 Å². The number of carbonyl (C=O) groups excluding carboxylic acids is 1. The van der Waals surface area contributed by atoms with E-state index in [1.165, 1.54) is 17.4 Å². The van der Waals surface area contributed by atoms with E-state index in [1.807, 2.05) is 17.0 Å². The van der Waals surface area contributed by atoms with Gasteiger partial charge in [-0.25, -0.2) is 19.0 Å². The van der Waals surface area contributed by atoms with Crippen LogP contribution in [0.4, 0.5) is 16.2 Å². The number of oxazole rings is 1. The zero-order chi connectivity index (χ0) is 17.7. The first-order valence-electron chi connectivity index (χ1n) is 8.34. The molecule has 5 rings (SSSR count). The molecule has 132 valence electrons. The lowest BCUT2D eigenvalue weighted by molar-refractivity contribution is 0.0991. The highest BCUT2D eigenvalue weighted by molar-refractivity contribution is 6.08. The number of amides is 1. The maximum Gasteiger partial charge on any atom is 0.304 e. The third-order valence-corrected chi connectivity index (χ3v) is 4.68. The van der Waals surface area contributed by atoms with E-state index in [-0.39, 0.29) is 11.9 Å². The van der Waals surface area contributed by atoms with E-state index in [0.717, 1.165) is 11.5 Å². The van der Waals surface area contributed by atoms with Crippen LogP contribution >= 0.6 is 0 Å². The van der Waals surface area contributed by atoms with Crippen LogP contribution in [-0.4, -0.2) is 44.9 Å². The topological polar surface area (TPSA) is 80.3 Å². The van der Waals surface area contributed by atoms with E-state index in [1.54, 1.807) is 17.1 Å². The van der Waals surface area contributed by atoms with Crippen LogP contribution in [0.15, 0.2) is 41.4 Å². The summed E-state index contributed by atoms with van der Waals surface area (Å²) in [6.07, 6.45) is 6.04. The molecule has 0 bridgehead atoms. The van der Waals surface area contributed by atoms with Crippen molar-refractivity contribution < 1.29 is 13.6 Å². The van der Waals surface area contributed by atoms with Crippen LogP contribution in [0.3, 0.4) is 0 Å². The van der Waals surface area contributed by atoms with E-state index in [4.69, 9.17) is 4.42 Å². The molecule has 3 aromatic heterocycles. The van der Waals surface area contributed by atoms with Crippen molar-refractivity contribution in [3.8, 4) is 5.69 Å². The quantitative estimate of drug-likeness (QED) is 0.715. The molecule has 8 nitrogen and oxygen atoms in total. The van der Waals surface area contributed by atoms with Crippen LogP contribution in [0.25, 0.3) is 5.69 Å². The summed E-state index contributed by atoms with van der Waals surface area (Å²) in [7, 11) is 0. The second-order valence-electron chi connectivity index (χ2n) is 6.35. The number of hydrogen-bond acceptors (Lipinski definition) is 6. The van der Waals surface area contributed by atoms with Crippen molar-refractivity contribution in [1.29, 1.82) is 0 Å². The number of aromatic nitrogens is 4. The molecule has 0 radical (unpaired) electrons. The summed E-state index contributed by atoms with van der Waals surface area (Å²) in [6, 6.07) is 3.98. The van der Waals surface area contributed by atoms with Crippen molar-refractivity contribution in [2.24, 2.45) is 0 Å². The van der Waals surface area contributed by atoms with Gasteiger partial charge in [0, 0.05) is 12.7 Å². The molecule has 1 atom stereocenters. The third-order valence-electron chi connectivity index (χ3n) is 4.68. The molecular formula is C17H15FN6O2. The number of hydrogen-bond donors (Lipinski definition) is 0. The normalized spacial score (nSPS) is 19.4. The first-order valence-corrected chi connectivity index (χ1v) is 8.34. The first kappa shape index (κ1) is 15.1. The molecule has 0 unspecified atom stereocenters. The monoisotopic (exact) mass is 354 g/mol. The van der Waals surface area contributed by atoms with Gasteiger partial charge in [-0.1, -0.05) is 0 Å². The molecule has 3 aromatic rings. The number of pyridine rings is 1. The fraction of sp³-hybridized carbons (Fsp3) is 0.294. The first-order chi connectivity index (χ1) is 12.7. The Morgan fingerprint density at radius 1 is 1.27 bits per heavy atom. The lowest BCUT2D eigenvalue weighted by Crippen LogP contribution is -2.24. The number of alkyl halides is 1. The van der Waals surface area contributed by atoms with Gasteiger partial charge in [0.1, 0.15) is 18.3 Å². The Morgan fingerprint density at radius 2 is 2.19 bits per heavy atom. The lowest BCUT2D eigenvalue weighted by atomic mass is 10.3. The number of fused-ring (bicyclic) bond motifs is 1. The minimum Gasteiger partial charge on any atom is -0.432 e. The smallest absolute Gasteiger partial charge is 0.304 e. The molecular weight excluding hydrogens is 339 g/mol. The summed E-state index contributed by atoms with van der Waals surface area (Å²) in [5.41, 5.74) is 1.93. The molecule has 9 heteroatoms. The van der Waals surface area contributed by atoms with Crippen LogP contribution in [-0.2, 0) is 6.54 Å². The summed E-state index contributed by atoms with van der Waals surface area (Å²) >= 11 is 0. The van der Waals surface area contributed by atoms with Crippen LogP contribution in [0.2, 0.25) is 0 Å². The average molecular weight is 354 g/mol. The summed E-state index contributed by atoms with van der Waals surface area (Å²) in [5.74, 6) is 0.559. The van der Waals surface area contributed by atoms with E-state index >= 15 is 0 Å². The van der Waals surface area contributed by atoms with Gasteiger partial charge in [0.05, 0.1) is 42.4 Å². The Hall–Kier alpha value is -3.23. The maximum atomic E-state index is 13.3. The van der Waals surface area contributed by atoms with Crippen LogP contribution in [0.1, 0.15) is 22.5 Å². The molecule has 5 heterocycles. The van der Waals surface area contributed by atoms with E-state index in [2.05, 4.69) is 15.1 Å². The van der Waals surface area contributed by atoms with Gasteiger partial charge in [-0.15, -0.1) is 0 Å². The molecule has 26 heavy (non-hydrogen) atoms. The second kappa shape index (κ2) is 5.65. The molecule has 2 aliphatic rings. The van der Waals surface area contributed by atoms with Crippen molar-refractivity contribution in [2.75, 3.05) is 22.9 Å². The minimum atomic E-state index is -0.789. The minimum absolute atomic E-state index is 0.190. The fourth-order valence-corrected chi connectivity index (χ4v) is 3.33. The number of carbonyl (C=O) groups is 1. The van der Waals surface area contributed by atoms with Crippen molar-refractivity contribution in [3.05, 3.63) is 48.2 Å². The second-order valence-corrected chi connectivity index (χ2v) is 6.35. The lowest BCUT2D eigenvalue weighted by Gasteiger charge is -2.16. The van der Waals surface area contributed by atoms with Crippen LogP contribution in [0, 0.1) is 0 Å². The molecule has 1 amide bonds. The number of anilines is 2. The Kier molecular flexibility index (Phi) is 3.27. The van der Waals surface area contributed by atoms with Gasteiger partial charge >= 0.3 is 6.01 Å². The Morgan fingerprint density at radius 3 is 2.85 bits per heavy atom. The van der Waals surface area contributed by atoms with E-state index < -0.39 is 6.17 Å². The molecule has 0 aliphatic carbocycles. The largest absolute Gasteiger partial charge is 0.432 e. The summed E-state index contributed by atoms with van der Waals surface area (Å²) in [5, 5.41) is 4.48. The molecule has 0 aromatic carbocycles. The Bertz CT molecular complexity index is 952. The summed E-state index contributed by atoms with van der Waals surface area (Å²) in [6.45, 7) is 1.38. The number of halogens is 1. The number of rotatable bonds is 3. The summed E-state index contributed by atoms with van der Waals surface area (Å²) in [4.78, 5) is 24.3. The molecule has 2 aliphatic heterocycles. The van der Waals surface area contributed by atoms with Gasteiger partial charge in [-0.2, -0.15) is 5.10 Å². The van der Waals surface area contributed by atoms with Gasteiger partial charge in [-0.3, -0.25) is 9.69 Å². The van der Waals surface area contributed by atoms with Gasteiger partial charge in [0.15, 0.2) is 0 Å². The van der Waals surface area contributed by atoms with Crippen LogP contribution in [0.5, 0.6) is 0 Å².